The van der Waals surface area contributed by atoms with Crippen molar-refractivity contribution >= 4 is 40.6 Å². The van der Waals surface area contributed by atoms with Crippen molar-refractivity contribution in [2.45, 2.75) is 12.5 Å². The predicted octanol–water partition coefficient (Wildman–Crippen LogP) is 2.67. The zero-order valence-corrected chi connectivity index (χ0v) is 19.0. The molecule has 0 aliphatic carbocycles. The van der Waals surface area contributed by atoms with Gasteiger partial charge in [0.25, 0.3) is 11.6 Å². The van der Waals surface area contributed by atoms with Crippen LogP contribution in [0.1, 0.15) is 17.5 Å². The van der Waals surface area contributed by atoms with Crippen LogP contribution >= 0.6 is 11.6 Å². The second-order valence-electron chi connectivity index (χ2n) is 7.81. The Labute approximate surface area is 200 Å². The Morgan fingerprint density at radius 1 is 1.24 bits per heavy atom. The van der Waals surface area contributed by atoms with Gasteiger partial charge in [0.05, 0.1) is 36.1 Å². The van der Waals surface area contributed by atoms with E-state index in [0.717, 1.165) is 19.6 Å². The maximum Gasteiger partial charge on any atom is 0.340 e. The van der Waals surface area contributed by atoms with E-state index in [2.05, 4.69) is 15.2 Å². The molecule has 10 nitrogen and oxygen atoms in total. The van der Waals surface area contributed by atoms with Gasteiger partial charge in [0.15, 0.2) is 0 Å². The summed E-state index contributed by atoms with van der Waals surface area (Å²) in [6, 6.07) is 9.25. The smallest absolute Gasteiger partial charge is 0.340 e. The molecule has 2 aliphatic heterocycles. The van der Waals surface area contributed by atoms with Crippen molar-refractivity contribution in [3.05, 3.63) is 68.7 Å². The molecule has 0 radical (unpaired) electrons. The number of nitrogens with zero attached hydrogens (tertiary/aromatic N) is 3. The van der Waals surface area contributed by atoms with Crippen molar-refractivity contribution < 1.29 is 24.0 Å². The number of carbonyl (C=O) groups excluding carboxylic acids is 2. The lowest BCUT2D eigenvalue weighted by molar-refractivity contribution is -0.384. The summed E-state index contributed by atoms with van der Waals surface area (Å²) in [5, 5.41) is 14.3. The largest absolute Gasteiger partial charge is 0.464 e. The Bertz CT molecular complexity index is 1130. The van der Waals surface area contributed by atoms with Crippen LogP contribution < -0.4 is 5.32 Å². The number of aliphatic imine (C=N–C) groups is 1. The van der Waals surface area contributed by atoms with Crippen LogP contribution in [0, 0.1) is 10.1 Å². The summed E-state index contributed by atoms with van der Waals surface area (Å²) in [5.74, 6) is -1.48. The zero-order valence-electron chi connectivity index (χ0n) is 18.2. The Kier molecular flexibility index (Phi) is 7.51. The highest BCUT2D eigenvalue weighted by molar-refractivity contribution is 6.36. The number of nitro groups is 1. The van der Waals surface area contributed by atoms with E-state index in [1.807, 2.05) is 0 Å². The Morgan fingerprint density at radius 2 is 2.00 bits per heavy atom. The number of hydrogen-bond acceptors (Lipinski definition) is 8. The van der Waals surface area contributed by atoms with Gasteiger partial charge in [0.1, 0.15) is 0 Å². The molecule has 2 heterocycles. The number of halogens is 1. The minimum atomic E-state index is -1.49. The lowest BCUT2D eigenvalue weighted by atomic mass is 10.00. The number of benzene rings is 2. The molecule has 4 rings (SSSR count). The average molecular weight is 487 g/mol. The molecular weight excluding hydrogens is 464 g/mol. The minimum Gasteiger partial charge on any atom is -0.464 e. The van der Waals surface area contributed by atoms with Crippen LogP contribution in [0.2, 0.25) is 5.02 Å². The van der Waals surface area contributed by atoms with E-state index in [1.54, 1.807) is 24.3 Å². The molecule has 0 aromatic heterocycles. The van der Waals surface area contributed by atoms with Crippen LogP contribution in [0.3, 0.4) is 0 Å². The number of anilines is 1. The Balaban J connectivity index is 1.59. The molecule has 178 valence electrons. The quantitative estimate of drug-likeness (QED) is 0.210. The molecule has 0 spiro atoms. The van der Waals surface area contributed by atoms with E-state index in [1.165, 1.54) is 18.2 Å². The number of rotatable bonds is 7. The van der Waals surface area contributed by atoms with E-state index in [-0.39, 0.29) is 23.7 Å². The number of amides is 1. The van der Waals surface area contributed by atoms with Gasteiger partial charge in [-0.3, -0.25) is 24.8 Å². The third kappa shape index (κ3) is 5.41. The fourth-order valence-electron chi connectivity index (χ4n) is 3.80. The van der Waals surface area contributed by atoms with Crippen molar-refractivity contribution in [2.75, 3.05) is 44.8 Å². The molecule has 1 atom stereocenters. The van der Waals surface area contributed by atoms with Crippen LogP contribution in [0.25, 0.3) is 0 Å². The van der Waals surface area contributed by atoms with Gasteiger partial charge in [-0.15, -0.1) is 0 Å². The molecular formula is C23H23ClN4O6. The van der Waals surface area contributed by atoms with Crippen LogP contribution in [0.4, 0.5) is 11.4 Å². The molecule has 11 heteroatoms. The molecule has 0 saturated carbocycles. The van der Waals surface area contributed by atoms with E-state index in [9.17, 15) is 19.7 Å². The van der Waals surface area contributed by atoms with Crippen LogP contribution in [0.15, 0.2) is 47.5 Å². The zero-order chi connectivity index (χ0) is 24.1. The normalized spacial score (nSPS) is 18.3. The van der Waals surface area contributed by atoms with Gasteiger partial charge in [-0.1, -0.05) is 29.8 Å². The number of non-ortho nitro benzene ring substituents is 1. The van der Waals surface area contributed by atoms with Gasteiger partial charge in [-0.25, -0.2) is 4.79 Å². The van der Waals surface area contributed by atoms with Crippen LogP contribution in [-0.2, 0) is 19.1 Å². The van der Waals surface area contributed by atoms with Crippen LogP contribution in [0.5, 0.6) is 0 Å². The topological polar surface area (TPSA) is 123 Å². The highest BCUT2D eigenvalue weighted by atomic mass is 35.5. The molecule has 1 unspecified atom stereocenters. The van der Waals surface area contributed by atoms with Crippen molar-refractivity contribution in [3.8, 4) is 0 Å². The molecule has 2 aromatic carbocycles. The maximum atomic E-state index is 12.9. The molecule has 2 aromatic rings. The van der Waals surface area contributed by atoms with Crippen molar-refractivity contribution in [1.82, 2.24) is 4.90 Å². The summed E-state index contributed by atoms with van der Waals surface area (Å²) in [5.41, 5.74) is 1.03. The van der Waals surface area contributed by atoms with E-state index in [4.69, 9.17) is 21.1 Å². The highest BCUT2D eigenvalue weighted by Gasteiger charge is 2.33. The molecule has 2 aliphatic rings. The summed E-state index contributed by atoms with van der Waals surface area (Å²) in [6.45, 7) is 3.90. The van der Waals surface area contributed by atoms with Gasteiger partial charge < -0.3 is 14.8 Å². The summed E-state index contributed by atoms with van der Waals surface area (Å²) in [6.07, 6.45) is 0.605. The van der Waals surface area contributed by atoms with Gasteiger partial charge in [-0.05, 0) is 18.6 Å². The van der Waals surface area contributed by atoms with Crippen molar-refractivity contribution in [2.24, 2.45) is 4.99 Å². The first-order valence-electron chi connectivity index (χ1n) is 10.8. The average Bonchev–Trinajstić information content (AvgIpc) is 2.98. The minimum absolute atomic E-state index is 0.134. The summed E-state index contributed by atoms with van der Waals surface area (Å²) < 4.78 is 10.7. The second-order valence-corrected chi connectivity index (χ2v) is 8.22. The predicted molar refractivity (Wildman–Crippen MR) is 125 cm³/mol. The number of morpholine rings is 1. The number of fused-ring (bicyclic) bond motifs is 1. The summed E-state index contributed by atoms with van der Waals surface area (Å²) in [4.78, 5) is 43.1. The number of hydrogen-bond donors (Lipinski definition) is 1. The highest BCUT2D eigenvalue weighted by Crippen LogP contribution is 2.30. The summed E-state index contributed by atoms with van der Waals surface area (Å²) in [7, 11) is 0. The first-order valence-corrected chi connectivity index (χ1v) is 11.2. The number of benzodiazepines with no additional fused rings is 1. The third-order valence-electron chi connectivity index (χ3n) is 5.55. The Morgan fingerprint density at radius 3 is 2.74 bits per heavy atom. The fourth-order valence-corrected chi connectivity index (χ4v) is 4.03. The number of nitro benzene ring substituents is 1. The fraction of sp³-hybridized carbons (Fsp3) is 0.348. The number of esters is 1. The lowest BCUT2D eigenvalue weighted by Gasteiger charge is -2.26. The van der Waals surface area contributed by atoms with E-state index < -0.39 is 22.8 Å². The third-order valence-corrected chi connectivity index (χ3v) is 5.88. The molecule has 0 bridgehead atoms. The summed E-state index contributed by atoms with van der Waals surface area (Å²) >= 11 is 6.37. The molecule has 1 amide bonds. The van der Waals surface area contributed by atoms with Crippen molar-refractivity contribution in [1.29, 1.82) is 0 Å². The van der Waals surface area contributed by atoms with Crippen LogP contribution in [-0.4, -0.2) is 72.9 Å². The van der Waals surface area contributed by atoms with Gasteiger partial charge in [0, 0.05) is 47.9 Å². The molecule has 1 saturated heterocycles. The molecule has 1 fully saturated rings. The number of carbonyl (C=O) groups is 2. The first kappa shape index (κ1) is 23.8. The monoisotopic (exact) mass is 486 g/mol. The van der Waals surface area contributed by atoms with Gasteiger partial charge in [-0.2, -0.15) is 0 Å². The Hall–Kier alpha value is -3.34. The second kappa shape index (κ2) is 10.7. The number of ether oxygens (including phenoxy) is 2. The van der Waals surface area contributed by atoms with Gasteiger partial charge >= 0.3 is 5.97 Å². The van der Waals surface area contributed by atoms with E-state index in [0.29, 0.717) is 35.8 Å². The molecule has 1 N–H and O–H groups in total. The number of nitrogens with one attached hydrogen (secondary N) is 1. The lowest BCUT2D eigenvalue weighted by Crippen LogP contribution is -2.38. The van der Waals surface area contributed by atoms with Gasteiger partial charge in [0.2, 0.25) is 6.04 Å². The van der Waals surface area contributed by atoms with E-state index >= 15 is 0 Å². The first-order chi connectivity index (χ1) is 16.4. The van der Waals surface area contributed by atoms with Crippen molar-refractivity contribution in [3.63, 3.8) is 0 Å². The molecule has 34 heavy (non-hydrogen) atoms. The SMILES string of the molecule is O=C1Nc2ccc([N+](=O)[O-])cc2C(c2ccccc2Cl)=NC1C(=O)OCCCN1CCOCC1. The standard InChI is InChI=1S/C23H23ClN4O6/c24-18-5-2-1-4-16(18)20-17-14-15(28(31)32)6-7-19(17)25-22(29)21(26-20)23(30)34-11-3-8-27-9-12-33-13-10-27/h1-2,4-7,14,21H,3,8-13H2,(H,25,29). The maximum absolute atomic E-state index is 12.9.